The third-order valence-electron chi connectivity index (χ3n) is 5.36. The molecule has 138 valence electrons. The van der Waals surface area contributed by atoms with Crippen LogP contribution in [0.15, 0.2) is 78.9 Å². The minimum Gasteiger partial charge on any atom is -0.285 e. The fourth-order valence-corrected chi connectivity index (χ4v) is 4.01. The fourth-order valence-electron chi connectivity index (χ4n) is 4.01. The molecular formula is C23H17NO4. The minimum atomic E-state index is -2.42. The molecule has 1 unspecified atom stereocenters. The zero-order valence-electron chi connectivity index (χ0n) is 15.2. The predicted molar refractivity (Wildman–Crippen MR) is 104 cm³/mol. The maximum atomic E-state index is 13.4. The Labute approximate surface area is 161 Å². The number of nitrogens with zero attached hydrogens (tertiary/aromatic N) is 1. The quantitative estimate of drug-likeness (QED) is 0.391. The van der Waals surface area contributed by atoms with Crippen molar-refractivity contribution in [3.05, 3.63) is 117 Å². The lowest BCUT2D eigenvalue weighted by molar-refractivity contribution is -0.532. The predicted octanol–water partition coefficient (Wildman–Crippen LogP) is 4.22. The first-order valence-electron chi connectivity index (χ1n) is 8.92. The van der Waals surface area contributed by atoms with Gasteiger partial charge in [0.2, 0.25) is 11.6 Å². The van der Waals surface area contributed by atoms with Gasteiger partial charge < -0.3 is 0 Å². The smallest absolute Gasteiger partial charge is 0.285 e. The second kappa shape index (κ2) is 6.53. The number of aryl methyl sites for hydroxylation is 1. The third-order valence-corrected chi connectivity index (χ3v) is 5.36. The molecule has 5 heteroatoms. The van der Waals surface area contributed by atoms with Crippen LogP contribution in [0.25, 0.3) is 0 Å². The van der Waals surface area contributed by atoms with Gasteiger partial charge in [0.1, 0.15) is 0 Å². The molecule has 0 heterocycles. The van der Waals surface area contributed by atoms with Gasteiger partial charge in [0, 0.05) is 16.1 Å². The number of benzene rings is 3. The molecule has 0 saturated heterocycles. The molecular weight excluding hydrogens is 354 g/mol. The highest BCUT2D eigenvalue weighted by Crippen LogP contribution is 2.45. The molecule has 0 fully saturated rings. The summed E-state index contributed by atoms with van der Waals surface area (Å²) in [6.45, 7) is 1.91. The molecule has 0 amide bonds. The van der Waals surface area contributed by atoms with E-state index >= 15 is 0 Å². The number of nitro groups is 1. The number of hydrogen-bond acceptors (Lipinski definition) is 4. The zero-order chi connectivity index (χ0) is 19.9. The van der Waals surface area contributed by atoms with Crippen LogP contribution in [0.1, 0.15) is 43.3 Å². The van der Waals surface area contributed by atoms with Crippen LogP contribution in [-0.2, 0) is 0 Å². The minimum absolute atomic E-state index is 0.109. The van der Waals surface area contributed by atoms with E-state index in [1.807, 2.05) is 19.1 Å². The molecule has 28 heavy (non-hydrogen) atoms. The van der Waals surface area contributed by atoms with E-state index < -0.39 is 27.9 Å². The molecule has 0 aliphatic heterocycles. The largest absolute Gasteiger partial charge is 0.355 e. The van der Waals surface area contributed by atoms with Crippen molar-refractivity contribution in [2.75, 3.05) is 0 Å². The molecule has 0 aromatic heterocycles. The van der Waals surface area contributed by atoms with E-state index in [9.17, 15) is 19.7 Å². The lowest BCUT2D eigenvalue weighted by Gasteiger charge is -2.28. The van der Waals surface area contributed by atoms with Gasteiger partial charge in [0.05, 0.1) is 5.92 Å². The lowest BCUT2D eigenvalue weighted by Crippen LogP contribution is -2.54. The molecule has 0 bridgehead atoms. The van der Waals surface area contributed by atoms with Crippen LogP contribution in [0, 0.1) is 17.0 Å². The van der Waals surface area contributed by atoms with Gasteiger partial charge in [-0.25, -0.2) is 0 Å². The summed E-state index contributed by atoms with van der Waals surface area (Å²) >= 11 is 0. The highest BCUT2D eigenvalue weighted by atomic mass is 16.6. The van der Waals surface area contributed by atoms with Crippen LogP contribution >= 0.6 is 0 Å². The molecule has 1 aliphatic rings. The molecule has 0 N–H and O–H groups in total. The van der Waals surface area contributed by atoms with Crippen molar-refractivity contribution in [1.82, 2.24) is 0 Å². The van der Waals surface area contributed by atoms with Gasteiger partial charge in [0.25, 0.3) is 0 Å². The van der Waals surface area contributed by atoms with Crippen molar-refractivity contribution < 1.29 is 14.5 Å². The maximum Gasteiger partial charge on any atom is 0.355 e. The number of ketones is 2. The standard InChI is InChI=1S/C23H17NO4/c1-15-11-13-17(14-12-15)20(16-7-3-2-4-8-16)23(24(27)28)21(25)18-9-5-6-10-19(18)22(23)26/h2-14,20H,1H3. The van der Waals surface area contributed by atoms with Crippen LogP contribution in [0.5, 0.6) is 0 Å². The van der Waals surface area contributed by atoms with E-state index in [1.54, 1.807) is 54.6 Å². The first-order valence-corrected chi connectivity index (χ1v) is 8.92. The van der Waals surface area contributed by atoms with E-state index in [0.29, 0.717) is 11.1 Å². The first-order chi connectivity index (χ1) is 13.5. The molecule has 3 aromatic carbocycles. The van der Waals surface area contributed by atoms with Gasteiger partial charge in [-0.3, -0.25) is 19.7 Å². The Hall–Kier alpha value is -3.60. The lowest BCUT2D eigenvalue weighted by atomic mass is 9.72. The molecule has 0 saturated carbocycles. The number of Topliss-reactive ketones (excluding diaryl/α,β-unsaturated/α-hetero) is 2. The summed E-state index contributed by atoms with van der Waals surface area (Å²) in [6, 6.07) is 22.1. The average molecular weight is 371 g/mol. The van der Waals surface area contributed by atoms with Crippen molar-refractivity contribution in [2.45, 2.75) is 18.4 Å². The molecule has 3 aromatic rings. The van der Waals surface area contributed by atoms with Gasteiger partial charge in [-0.2, -0.15) is 0 Å². The van der Waals surface area contributed by atoms with Crippen LogP contribution in [0.4, 0.5) is 0 Å². The number of hydrogen-bond donors (Lipinski definition) is 0. The summed E-state index contributed by atoms with van der Waals surface area (Å²) in [5.41, 5.74) is -0.103. The van der Waals surface area contributed by atoms with Crippen molar-refractivity contribution in [1.29, 1.82) is 0 Å². The second-order valence-corrected chi connectivity index (χ2v) is 6.98. The van der Waals surface area contributed by atoms with Gasteiger partial charge in [-0.15, -0.1) is 0 Å². The Morgan fingerprint density at radius 2 is 1.21 bits per heavy atom. The Kier molecular flexibility index (Phi) is 4.15. The first kappa shape index (κ1) is 17.8. The monoisotopic (exact) mass is 371 g/mol. The van der Waals surface area contributed by atoms with Crippen molar-refractivity contribution >= 4 is 11.6 Å². The van der Waals surface area contributed by atoms with Gasteiger partial charge >= 0.3 is 5.54 Å². The summed E-state index contributed by atoms with van der Waals surface area (Å²) in [5, 5.41) is 12.4. The molecule has 1 aliphatic carbocycles. The van der Waals surface area contributed by atoms with Crippen molar-refractivity contribution in [2.24, 2.45) is 0 Å². The summed E-state index contributed by atoms with van der Waals surface area (Å²) in [7, 11) is 0. The van der Waals surface area contributed by atoms with Crippen LogP contribution in [0.3, 0.4) is 0 Å². The Bertz CT molecular complexity index is 1050. The normalized spacial score (nSPS) is 15.9. The summed E-state index contributed by atoms with van der Waals surface area (Å²) in [5.74, 6) is -2.54. The Morgan fingerprint density at radius 1 is 0.750 bits per heavy atom. The van der Waals surface area contributed by atoms with Crippen LogP contribution < -0.4 is 0 Å². The fraction of sp³-hybridized carbons (Fsp3) is 0.130. The van der Waals surface area contributed by atoms with Gasteiger partial charge in [-0.05, 0) is 18.1 Å². The maximum absolute atomic E-state index is 13.4. The van der Waals surface area contributed by atoms with E-state index in [1.165, 1.54) is 12.1 Å². The molecule has 0 spiro atoms. The highest BCUT2D eigenvalue weighted by molar-refractivity contribution is 6.32. The summed E-state index contributed by atoms with van der Waals surface area (Å²) in [4.78, 5) is 38.5. The van der Waals surface area contributed by atoms with E-state index in [-0.39, 0.29) is 11.1 Å². The van der Waals surface area contributed by atoms with E-state index in [0.717, 1.165) is 5.56 Å². The highest BCUT2D eigenvalue weighted by Gasteiger charge is 2.68. The van der Waals surface area contributed by atoms with E-state index in [4.69, 9.17) is 0 Å². The molecule has 0 radical (unpaired) electrons. The van der Waals surface area contributed by atoms with Gasteiger partial charge in [0.15, 0.2) is 0 Å². The SMILES string of the molecule is Cc1ccc(C(c2ccccc2)C2([N+](=O)[O-])C(=O)c3ccccc3C2=O)cc1. The number of carbonyl (C=O) groups excluding carboxylic acids is 2. The molecule has 5 nitrogen and oxygen atoms in total. The van der Waals surface area contributed by atoms with Crippen molar-refractivity contribution in [3.8, 4) is 0 Å². The van der Waals surface area contributed by atoms with E-state index in [2.05, 4.69) is 0 Å². The van der Waals surface area contributed by atoms with Gasteiger partial charge in [-0.1, -0.05) is 84.4 Å². The van der Waals surface area contributed by atoms with Crippen LogP contribution in [-0.4, -0.2) is 22.0 Å². The number of carbonyl (C=O) groups is 2. The molecule has 1 atom stereocenters. The summed E-state index contributed by atoms with van der Waals surface area (Å²) in [6.07, 6.45) is 0. The Morgan fingerprint density at radius 3 is 1.71 bits per heavy atom. The topological polar surface area (TPSA) is 77.3 Å². The Balaban J connectivity index is 2.03. The van der Waals surface area contributed by atoms with Crippen molar-refractivity contribution in [3.63, 3.8) is 0 Å². The summed E-state index contributed by atoms with van der Waals surface area (Å²) < 4.78 is 0. The zero-order valence-corrected chi connectivity index (χ0v) is 15.2. The second-order valence-electron chi connectivity index (χ2n) is 6.98. The van der Waals surface area contributed by atoms with Crippen LogP contribution in [0.2, 0.25) is 0 Å². The number of rotatable bonds is 4. The average Bonchev–Trinajstić information content (AvgIpc) is 2.94. The molecule has 4 rings (SSSR count). The third kappa shape index (κ3) is 2.40. The number of fused-ring (bicyclic) bond motifs is 1.